The van der Waals surface area contributed by atoms with Crippen LogP contribution in [0.3, 0.4) is 0 Å². The van der Waals surface area contributed by atoms with Gasteiger partial charge in [-0.2, -0.15) is 0 Å². The molecule has 1 aliphatic rings. The number of nitrogens with one attached hydrogen (secondary N) is 2. The molecule has 0 radical (unpaired) electrons. The molecule has 2 rings (SSSR count). The van der Waals surface area contributed by atoms with E-state index in [0.717, 1.165) is 23.7 Å². The third-order valence-corrected chi connectivity index (χ3v) is 6.98. The van der Waals surface area contributed by atoms with Crippen molar-refractivity contribution in [3.05, 3.63) is 36.2 Å². The monoisotopic (exact) mass is 393 g/mol. The Balaban J connectivity index is 1.44. The summed E-state index contributed by atoms with van der Waals surface area (Å²) in [4.78, 5) is 27.5. The Bertz CT molecular complexity index is 575. The first-order valence-electron chi connectivity index (χ1n) is 9.12. The second-order valence-electron chi connectivity index (χ2n) is 6.17. The first-order valence-corrected chi connectivity index (χ1v) is 11.5. The van der Waals surface area contributed by atoms with Gasteiger partial charge in [0.1, 0.15) is 0 Å². The van der Waals surface area contributed by atoms with Crippen LogP contribution in [-0.4, -0.2) is 40.9 Å². The highest BCUT2D eigenvalue weighted by molar-refractivity contribution is 8.77. The van der Waals surface area contributed by atoms with E-state index in [1.54, 1.807) is 12.4 Å². The molecule has 1 aromatic heterocycles. The maximum atomic E-state index is 11.8. The Morgan fingerprint density at radius 1 is 1.23 bits per heavy atom. The quantitative estimate of drug-likeness (QED) is 0.445. The molecule has 1 atom stereocenters. The largest absolute Gasteiger partial charge is 0.354 e. The predicted molar refractivity (Wildman–Crippen MR) is 111 cm³/mol. The number of pyridine rings is 1. The van der Waals surface area contributed by atoms with E-state index < -0.39 is 0 Å². The summed E-state index contributed by atoms with van der Waals surface area (Å²) in [5.74, 6) is 1.29. The van der Waals surface area contributed by atoms with Crippen LogP contribution in [0.1, 0.15) is 44.1 Å². The number of carbonyl (C=O) groups excluding carboxylic acids is 2. The molecule has 0 spiro atoms. The summed E-state index contributed by atoms with van der Waals surface area (Å²) in [6.45, 7) is 0.938. The Hall–Kier alpha value is -1.47. The fourth-order valence-electron chi connectivity index (χ4n) is 2.56. The molecule has 2 amide bonds. The third-order valence-electron chi connectivity index (χ3n) is 3.97. The molecule has 2 heterocycles. The minimum Gasteiger partial charge on any atom is -0.354 e. The molecule has 26 heavy (non-hydrogen) atoms. The highest BCUT2D eigenvalue weighted by Gasteiger charge is 2.15. The van der Waals surface area contributed by atoms with Crippen molar-refractivity contribution in [2.45, 2.75) is 43.8 Å². The number of hydrogen-bond acceptors (Lipinski definition) is 5. The van der Waals surface area contributed by atoms with Gasteiger partial charge in [-0.3, -0.25) is 14.6 Å². The minimum atomic E-state index is -0.0497. The van der Waals surface area contributed by atoms with Gasteiger partial charge in [-0.05, 0) is 30.9 Å². The second-order valence-corrected chi connectivity index (χ2v) is 8.95. The normalized spacial score (nSPS) is 16.7. The first kappa shape index (κ1) is 20.8. The summed E-state index contributed by atoms with van der Waals surface area (Å²) in [6.07, 6.45) is 12.6. The van der Waals surface area contributed by atoms with E-state index in [0.29, 0.717) is 25.9 Å². The van der Waals surface area contributed by atoms with Crippen LogP contribution in [0.4, 0.5) is 0 Å². The molecule has 0 saturated carbocycles. The molecule has 1 fully saturated rings. The molecule has 0 aromatic carbocycles. The first-order chi connectivity index (χ1) is 12.7. The molecular weight excluding hydrogens is 366 g/mol. The number of nitrogens with zero attached hydrogens (tertiary/aromatic N) is 1. The molecule has 142 valence electrons. The van der Waals surface area contributed by atoms with Crippen molar-refractivity contribution in [3.63, 3.8) is 0 Å². The summed E-state index contributed by atoms with van der Waals surface area (Å²) >= 11 is 0. The third kappa shape index (κ3) is 9.29. The standard InChI is InChI=1S/C19H27N3O2S2/c23-18(8-2-1-7-17-10-14-25-26-17)21-12-13-22-19(24)9-3-5-16-6-4-11-20-15-16/h3-6,11,15,17H,1-2,7-10,12-14H2,(H,21,23)(H,22,24). The predicted octanol–water partition coefficient (Wildman–Crippen LogP) is 3.43. The van der Waals surface area contributed by atoms with Crippen LogP contribution in [-0.2, 0) is 9.59 Å². The molecule has 0 aliphatic carbocycles. The van der Waals surface area contributed by atoms with Crippen molar-refractivity contribution >= 4 is 39.5 Å². The van der Waals surface area contributed by atoms with Crippen molar-refractivity contribution in [2.75, 3.05) is 18.8 Å². The van der Waals surface area contributed by atoms with E-state index in [2.05, 4.69) is 15.6 Å². The van der Waals surface area contributed by atoms with Gasteiger partial charge in [0.2, 0.25) is 11.8 Å². The highest BCUT2D eigenvalue weighted by Crippen LogP contribution is 2.39. The van der Waals surface area contributed by atoms with Gasteiger partial charge in [0, 0.05) is 49.3 Å². The molecular formula is C19H27N3O2S2. The maximum Gasteiger partial charge on any atom is 0.223 e. The number of unbranched alkanes of at least 4 members (excludes halogenated alkanes) is 1. The van der Waals surface area contributed by atoms with Gasteiger partial charge in [0.05, 0.1) is 0 Å². The van der Waals surface area contributed by atoms with Gasteiger partial charge < -0.3 is 10.6 Å². The van der Waals surface area contributed by atoms with Crippen LogP contribution < -0.4 is 10.6 Å². The number of hydrogen-bond donors (Lipinski definition) is 2. The second kappa shape index (κ2) is 12.8. The van der Waals surface area contributed by atoms with Crippen molar-refractivity contribution in [3.8, 4) is 0 Å². The van der Waals surface area contributed by atoms with Crippen molar-refractivity contribution in [1.82, 2.24) is 15.6 Å². The average Bonchev–Trinajstić information content (AvgIpc) is 3.17. The van der Waals surface area contributed by atoms with Crippen molar-refractivity contribution in [1.29, 1.82) is 0 Å². The van der Waals surface area contributed by atoms with Gasteiger partial charge >= 0.3 is 0 Å². The SMILES string of the molecule is O=C(CC=Cc1cccnc1)NCCNC(=O)CCCCC1CCSS1. The van der Waals surface area contributed by atoms with Crippen LogP contribution >= 0.6 is 21.6 Å². The van der Waals surface area contributed by atoms with Gasteiger partial charge in [-0.25, -0.2) is 0 Å². The molecule has 1 aromatic rings. The summed E-state index contributed by atoms with van der Waals surface area (Å²) in [5, 5.41) is 6.45. The summed E-state index contributed by atoms with van der Waals surface area (Å²) in [5.41, 5.74) is 0.970. The van der Waals surface area contributed by atoms with Gasteiger partial charge in [0.25, 0.3) is 0 Å². The lowest BCUT2D eigenvalue weighted by Crippen LogP contribution is -2.34. The summed E-state index contributed by atoms with van der Waals surface area (Å²) in [6, 6.07) is 3.79. The van der Waals surface area contributed by atoms with Gasteiger partial charge in [-0.1, -0.05) is 46.2 Å². The van der Waals surface area contributed by atoms with E-state index in [1.807, 2.05) is 45.9 Å². The van der Waals surface area contributed by atoms with Crippen LogP contribution in [0, 0.1) is 0 Å². The van der Waals surface area contributed by atoms with Crippen LogP contribution in [0.2, 0.25) is 0 Å². The number of amides is 2. The zero-order valence-corrected chi connectivity index (χ0v) is 16.6. The fourth-order valence-corrected chi connectivity index (χ4v) is 5.59. The molecule has 2 N–H and O–H groups in total. The minimum absolute atomic E-state index is 0.0497. The Labute approximate surface area is 163 Å². The summed E-state index contributed by atoms with van der Waals surface area (Å²) in [7, 11) is 3.95. The molecule has 1 saturated heterocycles. The lowest BCUT2D eigenvalue weighted by Gasteiger charge is -2.08. The molecule has 1 aliphatic heterocycles. The van der Waals surface area contributed by atoms with E-state index >= 15 is 0 Å². The van der Waals surface area contributed by atoms with Gasteiger partial charge in [0.15, 0.2) is 0 Å². The van der Waals surface area contributed by atoms with Crippen LogP contribution in [0.15, 0.2) is 30.6 Å². The smallest absolute Gasteiger partial charge is 0.223 e. The highest BCUT2D eigenvalue weighted by atomic mass is 33.1. The van der Waals surface area contributed by atoms with Crippen LogP contribution in [0.25, 0.3) is 6.08 Å². The Kier molecular flexibility index (Phi) is 10.3. The molecule has 7 heteroatoms. The number of rotatable bonds is 11. The number of aromatic nitrogens is 1. The molecule has 5 nitrogen and oxygen atoms in total. The van der Waals surface area contributed by atoms with E-state index in [-0.39, 0.29) is 11.8 Å². The average molecular weight is 394 g/mol. The van der Waals surface area contributed by atoms with Gasteiger partial charge in [-0.15, -0.1) is 0 Å². The lowest BCUT2D eigenvalue weighted by molar-refractivity contribution is -0.122. The van der Waals surface area contributed by atoms with Crippen molar-refractivity contribution in [2.24, 2.45) is 0 Å². The van der Waals surface area contributed by atoms with E-state index in [9.17, 15) is 9.59 Å². The van der Waals surface area contributed by atoms with Crippen molar-refractivity contribution < 1.29 is 9.59 Å². The topological polar surface area (TPSA) is 71.1 Å². The lowest BCUT2D eigenvalue weighted by atomic mass is 10.1. The molecule has 0 bridgehead atoms. The maximum absolute atomic E-state index is 11.8. The van der Waals surface area contributed by atoms with E-state index in [4.69, 9.17) is 0 Å². The number of carbonyl (C=O) groups is 2. The molecule has 1 unspecified atom stereocenters. The summed E-state index contributed by atoms with van der Waals surface area (Å²) < 4.78 is 0. The zero-order chi connectivity index (χ0) is 18.5. The zero-order valence-electron chi connectivity index (χ0n) is 15.0. The fraction of sp³-hybridized carbons (Fsp3) is 0.526. The van der Waals surface area contributed by atoms with Crippen LogP contribution in [0.5, 0.6) is 0 Å². The van der Waals surface area contributed by atoms with E-state index in [1.165, 1.54) is 18.6 Å². The Morgan fingerprint density at radius 3 is 2.81 bits per heavy atom. The Morgan fingerprint density at radius 2 is 2.08 bits per heavy atom.